The molecule has 0 aliphatic carbocycles. The molecule has 0 saturated heterocycles. The van der Waals surface area contributed by atoms with Crippen LogP contribution in [0.3, 0.4) is 0 Å². The average molecular weight is 625 g/mol. The van der Waals surface area contributed by atoms with Crippen LogP contribution in [-0.2, 0) is 4.79 Å². The number of carbonyl (C=O) groups is 1. The maximum absolute atomic E-state index is 14.4. The summed E-state index contributed by atoms with van der Waals surface area (Å²) in [6, 6.07) is 18.4. The molecule has 1 aliphatic heterocycles. The van der Waals surface area contributed by atoms with Crippen LogP contribution in [0.2, 0.25) is 0 Å². The Labute approximate surface area is 263 Å². The number of anilines is 1. The molecule has 1 amide bonds. The lowest BCUT2D eigenvalue weighted by molar-refractivity contribution is -0.111. The standard InChI is InChI=1S/C34H32N4O6S/c1-18-13-19(2)15-21(14-18)37-32(39)28-27(22-10-8-12-25(42-4)30(22)44-6)23(17-35)31(36)38-33(40)26(45-34(28)38)16-20-9-7-11-24(41-3)29(20)43-5/h7-16,27H,36H2,1-6H3,(H,37,39)/b26-16-. The molecular weight excluding hydrogens is 592 g/mol. The molecule has 0 spiro atoms. The van der Waals surface area contributed by atoms with Gasteiger partial charge in [-0.3, -0.25) is 14.2 Å². The first-order valence-electron chi connectivity index (χ1n) is 13.9. The van der Waals surface area contributed by atoms with Crippen molar-refractivity contribution in [3.8, 4) is 29.1 Å². The van der Waals surface area contributed by atoms with Gasteiger partial charge in [0, 0.05) is 16.8 Å². The van der Waals surface area contributed by atoms with Crippen molar-refractivity contribution in [2.24, 2.45) is 5.73 Å². The molecule has 0 radical (unpaired) electrons. The first kappa shape index (κ1) is 31.0. The monoisotopic (exact) mass is 624 g/mol. The fraction of sp³-hybridized carbons (Fsp3) is 0.206. The van der Waals surface area contributed by atoms with Crippen LogP contribution in [0, 0.1) is 25.2 Å². The van der Waals surface area contributed by atoms with Crippen LogP contribution >= 0.6 is 11.3 Å². The number of benzene rings is 3. The molecule has 1 aromatic heterocycles. The van der Waals surface area contributed by atoms with E-state index in [2.05, 4.69) is 11.4 Å². The Bertz CT molecular complexity index is 2070. The zero-order chi connectivity index (χ0) is 32.4. The van der Waals surface area contributed by atoms with E-state index < -0.39 is 17.4 Å². The Kier molecular flexibility index (Phi) is 8.70. The van der Waals surface area contributed by atoms with Gasteiger partial charge in [-0.05, 0) is 55.3 Å². The van der Waals surface area contributed by atoms with Gasteiger partial charge in [0.05, 0.1) is 56.1 Å². The number of nitrogens with zero attached hydrogens (tertiary/aromatic N) is 2. The lowest BCUT2D eigenvalue weighted by atomic mass is 9.82. The van der Waals surface area contributed by atoms with E-state index in [4.69, 9.17) is 24.7 Å². The highest BCUT2D eigenvalue weighted by Gasteiger charge is 2.38. The zero-order valence-corrected chi connectivity index (χ0v) is 26.5. The van der Waals surface area contributed by atoms with Gasteiger partial charge in [0.15, 0.2) is 23.0 Å². The molecule has 230 valence electrons. The normalized spacial score (nSPS) is 14.5. The van der Waals surface area contributed by atoms with E-state index in [1.165, 1.54) is 33.0 Å². The number of amides is 1. The number of methoxy groups -OCH3 is 4. The van der Waals surface area contributed by atoms with Gasteiger partial charge < -0.3 is 30.0 Å². The lowest BCUT2D eigenvalue weighted by Crippen LogP contribution is -2.40. The quantitative estimate of drug-likeness (QED) is 0.303. The molecule has 4 aromatic rings. The second-order valence-corrected chi connectivity index (χ2v) is 11.3. The summed E-state index contributed by atoms with van der Waals surface area (Å²) in [4.78, 5) is 28.4. The molecule has 0 bridgehead atoms. The largest absolute Gasteiger partial charge is 0.493 e. The summed E-state index contributed by atoms with van der Waals surface area (Å²) in [7, 11) is 6.02. The Morgan fingerprint density at radius 1 is 0.956 bits per heavy atom. The van der Waals surface area contributed by atoms with E-state index in [1.54, 1.807) is 42.5 Å². The number of nitrogens with two attached hydrogens (primary N) is 1. The van der Waals surface area contributed by atoms with Crippen molar-refractivity contribution in [2.45, 2.75) is 19.8 Å². The molecule has 0 saturated carbocycles. The van der Waals surface area contributed by atoms with E-state index in [-0.39, 0.29) is 26.2 Å². The van der Waals surface area contributed by atoms with Crippen LogP contribution in [0.4, 0.5) is 5.69 Å². The van der Waals surface area contributed by atoms with Crippen molar-refractivity contribution in [1.82, 2.24) is 4.57 Å². The van der Waals surface area contributed by atoms with E-state index in [1.807, 2.05) is 32.0 Å². The summed E-state index contributed by atoms with van der Waals surface area (Å²) in [5, 5.41) is 13.5. The Morgan fingerprint density at radius 2 is 1.58 bits per heavy atom. The molecule has 1 atom stereocenters. The number of fused-ring (bicyclic) bond motifs is 1. The van der Waals surface area contributed by atoms with Gasteiger partial charge in [-0.15, -0.1) is 11.3 Å². The number of nitrogens with one attached hydrogen (secondary N) is 1. The number of para-hydroxylation sites is 2. The Hall–Kier alpha value is -5.47. The van der Waals surface area contributed by atoms with E-state index in [0.29, 0.717) is 39.8 Å². The van der Waals surface area contributed by atoms with E-state index in [0.717, 1.165) is 22.5 Å². The number of allylic oxidation sites excluding steroid dienone is 1. The van der Waals surface area contributed by atoms with Gasteiger partial charge in [-0.25, -0.2) is 0 Å². The number of carbonyl (C=O) groups excluding carboxylic acids is 1. The molecule has 0 fully saturated rings. The summed E-state index contributed by atoms with van der Waals surface area (Å²) in [6.45, 7) is 3.87. The minimum absolute atomic E-state index is 0.0186. The van der Waals surface area contributed by atoms with Crippen molar-refractivity contribution in [2.75, 3.05) is 33.8 Å². The molecular formula is C34H32N4O6S. The third kappa shape index (κ3) is 5.52. The summed E-state index contributed by atoms with van der Waals surface area (Å²) >= 11 is 1.09. The van der Waals surface area contributed by atoms with Gasteiger partial charge in [0.25, 0.3) is 11.5 Å². The van der Waals surface area contributed by atoms with E-state index >= 15 is 0 Å². The van der Waals surface area contributed by atoms with E-state index in [9.17, 15) is 14.9 Å². The highest BCUT2D eigenvalue weighted by atomic mass is 32.1. The number of ether oxygens (including phenoxy) is 4. The summed E-state index contributed by atoms with van der Waals surface area (Å²) in [5.41, 5.74) is 9.86. The molecule has 10 nitrogen and oxygen atoms in total. The second-order valence-electron chi connectivity index (χ2n) is 10.3. The fourth-order valence-corrected chi connectivity index (χ4v) is 6.80. The smallest absolute Gasteiger partial charge is 0.274 e. The van der Waals surface area contributed by atoms with Gasteiger partial charge in [0.2, 0.25) is 0 Å². The van der Waals surface area contributed by atoms with Crippen LogP contribution in [0.5, 0.6) is 23.0 Å². The highest BCUT2D eigenvalue weighted by Crippen LogP contribution is 2.44. The van der Waals surface area contributed by atoms with Gasteiger partial charge in [-0.1, -0.05) is 30.3 Å². The van der Waals surface area contributed by atoms with Crippen molar-refractivity contribution in [1.29, 1.82) is 5.26 Å². The van der Waals surface area contributed by atoms with Crippen molar-refractivity contribution < 1.29 is 23.7 Å². The molecule has 3 aromatic carbocycles. The summed E-state index contributed by atoms with van der Waals surface area (Å²) in [6.07, 6.45) is 1.65. The molecule has 1 aliphatic rings. The predicted molar refractivity (Wildman–Crippen MR) is 174 cm³/mol. The number of nitriles is 1. The van der Waals surface area contributed by atoms with Crippen LogP contribution in [0.1, 0.15) is 28.2 Å². The van der Waals surface area contributed by atoms with Gasteiger partial charge >= 0.3 is 0 Å². The molecule has 3 N–H and O–H groups in total. The molecule has 5 rings (SSSR count). The second kappa shape index (κ2) is 12.6. The third-order valence-corrected chi connectivity index (χ3v) is 8.57. The Balaban J connectivity index is 1.87. The van der Waals surface area contributed by atoms with Crippen molar-refractivity contribution in [3.05, 3.63) is 102 Å². The predicted octanol–water partition coefficient (Wildman–Crippen LogP) is 3.63. The van der Waals surface area contributed by atoms with Gasteiger partial charge in [-0.2, -0.15) is 5.26 Å². The van der Waals surface area contributed by atoms with Crippen molar-refractivity contribution in [3.63, 3.8) is 0 Å². The van der Waals surface area contributed by atoms with Gasteiger partial charge in [0.1, 0.15) is 10.5 Å². The summed E-state index contributed by atoms with van der Waals surface area (Å²) in [5.74, 6) is 0.107. The van der Waals surface area contributed by atoms with Crippen LogP contribution < -0.4 is 44.8 Å². The van der Waals surface area contributed by atoms with Crippen LogP contribution in [0.25, 0.3) is 17.5 Å². The number of aromatic nitrogens is 1. The number of thiazole rings is 1. The minimum atomic E-state index is -0.983. The maximum Gasteiger partial charge on any atom is 0.274 e. The average Bonchev–Trinajstić information content (AvgIpc) is 3.34. The molecule has 11 heteroatoms. The lowest BCUT2D eigenvalue weighted by Gasteiger charge is -2.27. The molecule has 2 heterocycles. The summed E-state index contributed by atoms with van der Waals surface area (Å²) < 4.78 is 24.0. The number of aryl methyl sites for hydroxylation is 2. The van der Waals surface area contributed by atoms with Crippen LogP contribution in [0.15, 0.2) is 65.0 Å². The first-order chi connectivity index (χ1) is 21.7. The highest BCUT2D eigenvalue weighted by molar-refractivity contribution is 7.07. The molecule has 45 heavy (non-hydrogen) atoms. The maximum atomic E-state index is 14.4. The molecule has 1 unspecified atom stereocenters. The topological polar surface area (TPSA) is 138 Å². The fourth-order valence-electron chi connectivity index (χ4n) is 5.63. The SMILES string of the molecule is COc1cccc(/C=c2\sc3n(c2=O)C(N)=C(C#N)C(c2cccc(OC)c2OC)C=3C(=O)Nc2cc(C)cc(C)c2)c1OC. The van der Waals surface area contributed by atoms with Crippen molar-refractivity contribution >= 4 is 40.4 Å². The number of rotatable bonds is 8. The van der Waals surface area contributed by atoms with Crippen LogP contribution in [-0.4, -0.2) is 38.9 Å². The Morgan fingerprint density at radius 3 is 2.18 bits per heavy atom. The third-order valence-electron chi connectivity index (χ3n) is 7.46. The minimum Gasteiger partial charge on any atom is -0.493 e. The number of hydrogen-bond acceptors (Lipinski definition) is 9. The first-order valence-corrected chi connectivity index (χ1v) is 14.7. The zero-order valence-electron chi connectivity index (χ0n) is 25.7. The number of hydrogen-bond donors (Lipinski definition) is 2.